The van der Waals surface area contributed by atoms with Crippen molar-refractivity contribution in [2.75, 3.05) is 0 Å². The van der Waals surface area contributed by atoms with Crippen LogP contribution in [0.25, 0.3) is 6.08 Å². The molecular formula is C7H10N3P. The molecule has 58 valence electrons. The van der Waals surface area contributed by atoms with Crippen LogP contribution in [0.5, 0.6) is 0 Å². The third kappa shape index (κ3) is 2.05. The van der Waals surface area contributed by atoms with E-state index < -0.39 is 0 Å². The number of hydrogen-bond donors (Lipinski definition) is 0. The molecular weight excluding hydrogens is 157 g/mol. The Hall–Kier alpha value is -0.820. The maximum absolute atomic E-state index is 4.12. The molecule has 0 aliphatic heterocycles. The van der Waals surface area contributed by atoms with Crippen LogP contribution >= 0.6 is 9.24 Å². The molecule has 0 aliphatic carbocycles. The molecule has 1 heterocycles. The molecule has 0 radical (unpaired) electrons. The number of rotatable bonds is 2. The average Bonchev–Trinajstić information content (AvgIpc) is 2.03. The second kappa shape index (κ2) is 3.54. The summed E-state index contributed by atoms with van der Waals surface area (Å²) in [5.41, 5.74) is 0.673. The minimum atomic E-state index is 0.641. The number of nitrogens with zero attached hydrogens (tertiary/aromatic N) is 3. The van der Waals surface area contributed by atoms with Crippen LogP contribution in [0, 0.1) is 0 Å². The van der Waals surface area contributed by atoms with Crippen LogP contribution in [-0.2, 0) is 6.42 Å². The predicted molar refractivity (Wildman–Crippen MR) is 48.6 cm³/mol. The van der Waals surface area contributed by atoms with Gasteiger partial charge >= 0.3 is 0 Å². The summed E-state index contributed by atoms with van der Waals surface area (Å²) >= 11 is 0. The van der Waals surface area contributed by atoms with Crippen molar-refractivity contribution < 1.29 is 0 Å². The minimum Gasteiger partial charge on any atom is -0.214 e. The Labute approximate surface area is 68.2 Å². The van der Waals surface area contributed by atoms with E-state index in [9.17, 15) is 0 Å². The molecule has 1 aromatic heterocycles. The van der Waals surface area contributed by atoms with E-state index in [4.69, 9.17) is 0 Å². The second-order valence-electron chi connectivity index (χ2n) is 2.03. The van der Waals surface area contributed by atoms with Crippen LogP contribution in [0.1, 0.15) is 18.6 Å². The lowest BCUT2D eigenvalue weighted by Gasteiger charge is -1.97. The third-order valence-corrected chi connectivity index (χ3v) is 1.47. The fourth-order valence-corrected chi connectivity index (χ4v) is 0.988. The summed E-state index contributed by atoms with van der Waals surface area (Å²) in [6, 6.07) is 0. The molecule has 11 heavy (non-hydrogen) atoms. The number of aryl methyl sites for hydroxylation is 1. The largest absolute Gasteiger partial charge is 0.214 e. The van der Waals surface area contributed by atoms with E-state index in [0.29, 0.717) is 11.4 Å². The zero-order valence-corrected chi connectivity index (χ0v) is 7.57. The van der Waals surface area contributed by atoms with E-state index in [2.05, 4.69) is 30.8 Å². The average molecular weight is 167 g/mol. The second-order valence-corrected chi connectivity index (χ2v) is 2.54. The van der Waals surface area contributed by atoms with Crippen molar-refractivity contribution in [1.82, 2.24) is 15.0 Å². The summed E-state index contributed by atoms with van der Waals surface area (Å²) in [6.45, 7) is 5.59. The first-order valence-corrected chi connectivity index (χ1v) is 3.97. The van der Waals surface area contributed by atoms with Gasteiger partial charge in [-0.3, -0.25) is 0 Å². The van der Waals surface area contributed by atoms with Gasteiger partial charge in [-0.1, -0.05) is 22.7 Å². The molecule has 4 heteroatoms. The lowest BCUT2D eigenvalue weighted by molar-refractivity contribution is 0.910. The molecule has 1 rings (SSSR count). The highest BCUT2D eigenvalue weighted by Crippen LogP contribution is 1.93. The van der Waals surface area contributed by atoms with Crippen LogP contribution in [0.2, 0.25) is 0 Å². The maximum atomic E-state index is 4.12. The molecule has 0 aromatic carbocycles. The lowest BCUT2D eigenvalue weighted by Crippen LogP contribution is -2.11. The van der Waals surface area contributed by atoms with E-state index in [1.54, 1.807) is 6.08 Å². The highest BCUT2D eigenvalue weighted by molar-refractivity contribution is 7.26. The van der Waals surface area contributed by atoms with Gasteiger partial charge in [-0.2, -0.15) is 0 Å². The van der Waals surface area contributed by atoms with Crippen LogP contribution in [0.4, 0.5) is 0 Å². The van der Waals surface area contributed by atoms with Gasteiger partial charge in [0.25, 0.3) is 0 Å². The van der Waals surface area contributed by atoms with Crippen molar-refractivity contribution in [3.63, 3.8) is 0 Å². The molecule has 0 saturated carbocycles. The monoisotopic (exact) mass is 167 g/mol. The van der Waals surface area contributed by atoms with E-state index in [0.717, 1.165) is 12.2 Å². The van der Waals surface area contributed by atoms with Crippen molar-refractivity contribution in [2.24, 2.45) is 0 Å². The van der Waals surface area contributed by atoms with Gasteiger partial charge in [-0.15, -0.1) is 0 Å². The van der Waals surface area contributed by atoms with Gasteiger partial charge < -0.3 is 0 Å². The Morgan fingerprint density at radius 3 is 2.73 bits per heavy atom. The van der Waals surface area contributed by atoms with E-state index in [1.807, 2.05) is 6.92 Å². The van der Waals surface area contributed by atoms with Crippen LogP contribution < -0.4 is 5.57 Å². The summed E-state index contributed by atoms with van der Waals surface area (Å²) in [7, 11) is 2.45. The Kier molecular flexibility index (Phi) is 2.66. The molecule has 0 amide bonds. The van der Waals surface area contributed by atoms with E-state index >= 15 is 0 Å². The molecule has 0 spiro atoms. The molecule has 1 atom stereocenters. The van der Waals surface area contributed by atoms with Crippen molar-refractivity contribution >= 4 is 20.9 Å². The van der Waals surface area contributed by atoms with Gasteiger partial charge in [0.1, 0.15) is 11.4 Å². The van der Waals surface area contributed by atoms with Crippen LogP contribution in [0.15, 0.2) is 6.58 Å². The molecule has 3 nitrogen and oxygen atoms in total. The molecule has 1 aromatic rings. The zero-order valence-electron chi connectivity index (χ0n) is 6.41. The quantitative estimate of drug-likeness (QED) is 0.604. The summed E-state index contributed by atoms with van der Waals surface area (Å²) in [6.07, 6.45) is 2.44. The molecule has 0 bridgehead atoms. The van der Waals surface area contributed by atoms with Gasteiger partial charge in [0.2, 0.25) is 0 Å². The topological polar surface area (TPSA) is 38.7 Å². The summed E-state index contributed by atoms with van der Waals surface area (Å²) in [5.74, 6) is 1.45. The lowest BCUT2D eigenvalue weighted by atomic mass is 10.4. The standard InChI is InChI=1S/C7H10N3P/c1-3-5-8-6(4-2)10-7(11)9-5/h3H,1,4,11H2,2H3. The first-order valence-electron chi connectivity index (χ1n) is 3.39. The van der Waals surface area contributed by atoms with Gasteiger partial charge in [-0.05, 0) is 6.08 Å². The Balaban J connectivity index is 3.11. The molecule has 0 saturated heterocycles. The minimum absolute atomic E-state index is 0.641. The van der Waals surface area contributed by atoms with Crippen molar-refractivity contribution in [2.45, 2.75) is 13.3 Å². The molecule has 0 N–H and O–H groups in total. The Morgan fingerprint density at radius 2 is 2.18 bits per heavy atom. The van der Waals surface area contributed by atoms with E-state index in [-0.39, 0.29) is 0 Å². The first-order chi connectivity index (χ1) is 5.26. The third-order valence-electron chi connectivity index (χ3n) is 1.22. The van der Waals surface area contributed by atoms with Crippen molar-refractivity contribution in [3.05, 3.63) is 18.2 Å². The number of aromatic nitrogens is 3. The highest BCUT2D eigenvalue weighted by atomic mass is 31.0. The normalized spacial score (nSPS) is 9.64. The van der Waals surface area contributed by atoms with Crippen LogP contribution in [-0.4, -0.2) is 15.0 Å². The Morgan fingerprint density at radius 1 is 1.45 bits per heavy atom. The summed E-state index contributed by atoms with van der Waals surface area (Å²) < 4.78 is 0. The SMILES string of the molecule is C=Cc1nc(P)nc(CC)n1. The van der Waals surface area contributed by atoms with Crippen molar-refractivity contribution in [3.8, 4) is 0 Å². The zero-order chi connectivity index (χ0) is 8.27. The van der Waals surface area contributed by atoms with Gasteiger partial charge in [0.05, 0.1) is 0 Å². The highest BCUT2D eigenvalue weighted by Gasteiger charge is 1.97. The van der Waals surface area contributed by atoms with Crippen LogP contribution in [0.3, 0.4) is 0 Å². The maximum Gasteiger partial charge on any atom is 0.155 e. The van der Waals surface area contributed by atoms with Crippen molar-refractivity contribution in [1.29, 1.82) is 0 Å². The smallest absolute Gasteiger partial charge is 0.155 e. The van der Waals surface area contributed by atoms with Gasteiger partial charge in [0, 0.05) is 6.42 Å². The molecule has 0 aliphatic rings. The Bertz CT molecular complexity index is 272. The van der Waals surface area contributed by atoms with E-state index in [1.165, 1.54) is 0 Å². The van der Waals surface area contributed by atoms with Gasteiger partial charge in [-0.25, -0.2) is 15.0 Å². The molecule has 1 unspecified atom stereocenters. The van der Waals surface area contributed by atoms with Gasteiger partial charge in [0.15, 0.2) is 5.82 Å². The summed E-state index contributed by atoms with van der Waals surface area (Å²) in [4.78, 5) is 12.2. The fourth-order valence-electron chi connectivity index (χ4n) is 0.706. The number of hydrogen-bond acceptors (Lipinski definition) is 3. The predicted octanol–water partition coefficient (Wildman–Crippen LogP) is 0.577. The first kappa shape index (κ1) is 8.28. The molecule has 0 fully saturated rings. The summed E-state index contributed by atoms with van der Waals surface area (Å²) in [5, 5.41) is 0. The fraction of sp³-hybridized carbons (Fsp3) is 0.286.